The van der Waals surface area contributed by atoms with Crippen molar-refractivity contribution < 1.29 is 22.6 Å². The predicted octanol–water partition coefficient (Wildman–Crippen LogP) is 3.70. The predicted molar refractivity (Wildman–Crippen MR) is 75.5 cm³/mol. The zero-order chi connectivity index (χ0) is 15.7. The van der Waals surface area contributed by atoms with Crippen LogP contribution in [0.2, 0.25) is 0 Å². The van der Waals surface area contributed by atoms with Crippen molar-refractivity contribution in [2.24, 2.45) is 0 Å². The maximum absolute atomic E-state index is 11.8. The molecular formula is C15H22F3NO2. The fourth-order valence-corrected chi connectivity index (χ4v) is 1.94. The van der Waals surface area contributed by atoms with Gasteiger partial charge in [-0.2, -0.15) is 13.2 Å². The third kappa shape index (κ3) is 7.34. The Labute approximate surface area is 123 Å². The largest absolute Gasteiger partial charge is 0.494 e. The highest BCUT2D eigenvalue weighted by Gasteiger charge is 2.27. The van der Waals surface area contributed by atoms with E-state index in [1.807, 2.05) is 31.3 Å². The molecule has 0 spiro atoms. The minimum atomic E-state index is -4.26. The molecule has 0 amide bonds. The Morgan fingerprint density at radius 2 is 1.81 bits per heavy atom. The number of halogens is 3. The number of ether oxygens (including phenoxy) is 2. The molecule has 0 radical (unpaired) electrons. The van der Waals surface area contributed by atoms with Crippen LogP contribution >= 0.6 is 0 Å². The van der Waals surface area contributed by atoms with Gasteiger partial charge < -0.3 is 14.8 Å². The van der Waals surface area contributed by atoms with Crippen LogP contribution < -0.4 is 10.1 Å². The molecule has 120 valence electrons. The molecular weight excluding hydrogens is 283 g/mol. The van der Waals surface area contributed by atoms with E-state index in [-0.39, 0.29) is 6.61 Å². The number of nitrogens with one attached hydrogen (secondary N) is 1. The minimum Gasteiger partial charge on any atom is -0.494 e. The molecule has 1 atom stereocenters. The molecule has 0 aliphatic heterocycles. The highest BCUT2D eigenvalue weighted by Crippen LogP contribution is 2.20. The number of alkyl halides is 3. The van der Waals surface area contributed by atoms with Gasteiger partial charge in [0.05, 0.1) is 13.2 Å². The molecule has 0 aliphatic carbocycles. The van der Waals surface area contributed by atoms with Crippen LogP contribution in [-0.2, 0) is 4.74 Å². The van der Waals surface area contributed by atoms with E-state index >= 15 is 0 Å². The maximum Gasteiger partial charge on any atom is 0.411 e. The van der Waals surface area contributed by atoms with Crippen LogP contribution in [0, 0.1) is 0 Å². The molecule has 0 saturated carbocycles. The molecule has 0 aromatic heterocycles. The first-order valence-corrected chi connectivity index (χ1v) is 7.00. The fourth-order valence-electron chi connectivity index (χ4n) is 1.94. The van der Waals surface area contributed by atoms with Gasteiger partial charge >= 0.3 is 6.18 Å². The lowest BCUT2D eigenvalue weighted by molar-refractivity contribution is -0.174. The van der Waals surface area contributed by atoms with Crippen LogP contribution in [-0.4, -0.2) is 33.0 Å². The van der Waals surface area contributed by atoms with Gasteiger partial charge in [0.1, 0.15) is 12.4 Å². The fraction of sp³-hybridized carbons (Fsp3) is 0.600. The molecule has 0 bridgehead atoms. The molecule has 1 rings (SSSR count). The van der Waals surface area contributed by atoms with Crippen molar-refractivity contribution in [2.45, 2.75) is 32.0 Å². The van der Waals surface area contributed by atoms with Crippen LogP contribution in [0.5, 0.6) is 5.75 Å². The second-order valence-corrected chi connectivity index (χ2v) is 4.69. The first kappa shape index (κ1) is 17.8. The van der Waals surface area contributed by atoms with Gasteiger partial charge in [-0.05, 0) is 31.2 Å². The van der Waals surface area contributed by atoms with Crippen molar-refractivity contribution in [2.75, 3.05) is 26.9 Å². The minimum absolute atomic E-state index is 0.0370. The van der Waals surface area contributed by atoms with Gasteiger partial charge in [-0.25, -0.2) is 0 Å². The Hall–Kier alpha value is -1.27. The van der Waals surface area contributed by atoms with Crippen LogP contribution in [0.25, 0.3) is 0 Å². The average Bonchev–Trinajstić information content (AvgIpc) is 2.44. The van der Waals surface area contributed by atoms with Gasteiger partial charge in [0, 0.05) is 12.5 Å². The Balaban J connectivity index is 2.24. The maximum atomic E-state index is 11.8. The summed E-state index contributed by atoms with van der Waals surface area (Å²) in [4.78, 5) is 0. The lowest BCUT2D eigenvalue weighted by Gasteiger charge is -2.15. The molecule has 3 nitrogen and oxygen atoms in total. The second kappa shape index (κ2) is 8.89. The summed E-state index contributed by atoms with van der Waals surface area (Å²) in [5.41, 5.74) is 1.18. The van der Waals surface area contributed by atoms with Gasteiger partial charge in [0.15, 0.2) is 0 Å². The molecule has 6 heteroatoms. The van der Waals surface area contributed by atoms with E-state index < -0.39 is 12.8 Å². The average molecular weight is 305 g/mol. The Bertz CT molecular complexity index is 389. The van der Waals surface area contributed by atoms with Crippen molar-refractivity contribution in [3.63, 3.8) is 0 Å². The second-order valence-electron chi connectivity index (χ2n) is 4.69. The monoisotopic (exact) mass is 305 g/mol. The molecule has 0 heterocycles. The van der Waals surface area contributed by atoms with Gasteiger partial charge in [-0.3, -0.25) is 0 Å². The van der Waals surface area contributed by atoms with Crippen molar-refractivity contribution in [1.82, 2.24) is 5.32 Å². The van der Waals surface area contributed by atoms with Gasteiger partial charge in [0.25, 0.3) is 0 Å². The highest BCUT2D eigenvalue weighted by molar-refractivity contribution is 5.29. The van der Waals surface area contributed by atoms with Crippen molar-refractivity contribution in [3.05, 3.63) is 29.8 Å². The lowest BCUT2D eigenvalue weighted by atomic mass is 10.1. The quantitative estimate of drug-likeness (QED) is 0.706. The summed E-state index contributed by atoms with van der Waals surface area (Å²) < 4.78 is 45.5. The van der Waals surface area contributed by atoms with E-state index in [1.165, 1.54) is 5.56 Å². The van der Waals surface area contributed by atoms with Crippen molar-refractivity contribution >= 4 is 0 Å². The topological polar surface area (TPSA) is 30.5 Å². The summed E-state index contributed by atoms with van der Waals surface area (Å²) in [6, 6.07) is 8.02. The van der Waals surface area contributed by atoms with Crippen LogP contribution in [0.3, 0.4) is 0 Å². The van der Waals surface area contributed by atoms with E-state index in [1.54, 1.807) is 0 Å². The van der Waals surface area contributed by atoms with E-state index in [0.29, 0.717) is 24.8 Å². The number of benzene rings is 1. The molecule has 0 saturated heterocycles. The molecule has 1 unspecified atom stereocenters. The van der Waals surface area contributed by atoms with Gasteiger partial charge in [-0.15, -0.1) is 0 Å². The standard InChI is InChI=1S/C15H22F3NO2/c1-3-14(19-2)12-5-7-13(8-6-12)21-10-4-9-20-11-15(16,17)18/h5-8,14,19H,3-4,9-11H2,1-2H3. The van der Waals surface area contributed by atoms with Gasteiger partial charge in [-0.1, -0.05) is 19.1 Å². The zero-order valence-corrected chi connectivity index (χ0v) is 12.4. The van der Waals surface area contributed by atoms with E-state index in [0.717, 1.165) is 6.42 Å². The third-order valence-corrected chi connectivity index (χ3v) is 3.01. The van der Waals surface area contributed by atoms with E-state index in [4.69, 9.17) is 4.74 Å². The Morgan fingerprint density at radius 3 is 2.33 bits per heavy atom. The first-order valence-electron chi connectivity index (χ1n) is 7.00. The van der Waals surface area contributed by atoms with E-state index in [9.17, 15) is 13.2 Å². The lowest BCUT2D eigenvalue weighted by Crippen LogP contribution is -2.18. The summed E-state index contributed by atoms with van der Waals surface area (Å²) in [7, 11) is 1.92. The summed E-state index contributed by atoms with van der Waals surface area (Å²) in [5.74, 6) is 0.709. The van der Waals surface area contributed by atoms with Crippen LogP contribution in [0.15, 0.2) is 24.3 Å². The number of rotatable bonds is 9. The van der Waals surface area contributed by atoms with Crippen LogP contribution in [0.1, 0.15) is 31.4 Å². The van der Waals surface area contributed by atoms with Crippen molar-refractivity contribution in [1.29, 1.82) is 0 Å². The molecule has 21 heavy (non-hydrogen) atoms. The number of hydrogen-bond donors (Lipinski definition) is 1. The summed E-state index contributed by atoms with van der Waals surface area (Å²) in [6.07, 6.45) is -2.85. The Kier molecular flexibility index (Phi) is 7.53. The summed E-state index contributed by atoms with van der Waals surface area (Å²) in [6.45, 7) is 1.27. The van der Waals surface area contributed by atoms with E-state index in [2.05, 4.69) is 17.0 Å². The Morgan fingerprint density at radius 1 is 1.14 bits per heavy atom. The van der Waals surface area contributed by atoms with Crippen molar-refractivity contribution in [3.8, 4) is 5.75 Å². The highest BCUT2D eigenvalue weighted by atomic mass is 19.4. The molecule has 1 aromatic rings. The summed E-state index contributed by atoms with van der Waals surface area (Å²) >= 11 is 0. The normalized spacial score (nSPS) is 13.2. The molecule has 1 N–H and O–H groups in total. The smallest absolute Gasteiger partial charge is 0.411 e. The first-order chi connectivity index (χ1) is 9.96. The molecule has 0 fully saturated rings. The molecule has 0 aliphatic rings. The SMILES string of the molecule is CCC(NC)c1ccc(OCCCOCC(F)(F)F)cc1. The zero-order valence-electron chi connectivity index (χ0n) is 12.4. The van der Waals surface area contributed by atoms with Gasteiger partial charge in [0.2, 0.25) is 0 Å². The number of hydrogen-bond acceptors (Lipinski definition) is 3. The molecule has 1 aromatic carbocycles. The third-order valence-electron chi connectivity index (χ3n) is 3.01. The van der Waals surface area contributed by atoms with Crippen LogP contribution in [0.4, 0.5) is 13.2 Å². The summed E-state index contributed by atoms with van der Waals surface area (Å²) in [5, 5.41) is 3.22.